The average molecular weight is 420 g/mol. The number of rotatable bonds is 8. The highest BCUT2D eigenvalue weighted by atomic mass is 35.5. The first-order chi connectivity index (χ1) is 13.8. The molecule has 3 atom stereocenters. The Hall–Kier alpha value is -0.610. The molecule has 1 aromatic carbocycles. The van der Waals surface area contributed by atoms with Crippen LogP contribution in [-0.4, -0.2) is 61.2 Å². The van der Waals surface area contributed by atoms with Gasteiger partial charge in [0.2, 0.25) is 0 Å². The van der Waals surface area contributed by atoms with Gasteiger partial charge in [0.1, 0.15) is 0 Å². The molecule has 0 spiro atoms. The van der Waals surface area contributed by atoms with E-state index in [1.165, 1.54) is 44.5 Å². The van der Waals surface area contributed by atoms with Gasteiger partial charge in [0.25, 0.3) is 0 Å². The molecule has 2 saturated heterocycles. The summed E-state index contributed by atoms with van der Waals surface area (Å²) in [6.07, 6.45) is 3.94. The van der Waals surface area contributed by atoms with E-state index in [9.17, 15) is 0 Å². The Morgan fingerprint density at radius 1 is 1.14 bits per heavy atom. The first-order valence-electron chi connectivity index (χ1n) is 11.8. The number of hydrogen-bond acceptors (Lipinski definition) is 3. The Bertz CT molecular complexity index is 627. The number of hydrogen-bond donors (Lipinski definition) is 1. The summed E-state index contributed by atoms with van der Waals surface area (Å²) in [5.74, 6) is 1.27. The molecule has 0 bridgehead atoms. The van der Waals surface area contributed by atoms with Crippen LogP contribution in [0.5, 0.6) is 0 Å². The summed E-state index contributed by atoms with van der Waals surface area (Å²) in [5, 5.41) is 4.78. The van der Waals surface area contributed by atoms with Crippen LogP contribution >= 0.6 is 11.6 Å². The largest absolute Gasteiger partial charge is 0.311 e. The van der Waals surface area contributed by atoms with Crippen molar-refractivity contribution >= 4 is 11.6 Å². The molecule has 3 rings (SSSR count). The van der Waals surface area contributed by atoms with Crippen LogP contribution in [0.3, 0.4) is 0 Å². The zero-order valence-electron chi connectivity index (χ0n) is 19.3. The van der Waals surface area contributed by atoms with Crippen LogP contribution < -0.4 is 5.32 Å². The van der Waals surface area contributed by atoms with Gasteiger partial charge in [-0.1, -0.05) is 58.4 Å². The quantitative estimate of drug-likeness (QED) is 0.620. The number of halogens is 1. The third kappa shape index (κ3) is 5.97. The molecule has 0 amide bonds. The van der Waals surface area contributed by atoms with E-state index >= 15 is 0 Å². The fourth-order valence-corrected chi connectivity index (χ4v) is 5.68. The SMILES string of the molecule is CCN1CCCC1CN[C@@H](CN1CCC(c2ccc(Cl)cc2)C(C)(C)C1)C(C)C. The molecule has 2 aliphatic heterocycles. The van der Waals surface area contributed by atoms with E-state index < -0.39 is 0 Å². The van der Waals surface area contributed by atoms with Crippen molar-refractivity contribution in [2.75, 3.05) is 39.3 Å². The highest BCUT2D eigenvalue weighted by molar-refractivity contribution is 6.30. The Morgan fingerprint density at radius 3 is 2.48 bits per heavy atom. The van der Waals surface area contributed by atoms with Crippen molar-refractivity contribution in [3.05, 3.63) is 34.9 Å². The molecule has 0 aliphatic carbocycles. The lowest BCUT2D eigenvalue weighted by Gasteiger charge is -2.46. The van der Waals surface area contributed by atoms with Gasteiger partial charge in [-0.25, -0.2) is 0 Å². The lowest BCUT2D eigenvalue weighted by molar-refractivity contribution is 0.0782. The summed E-state index contributed by atoms with van der Waals surface area (Å²) in [6, 6.07) is 9.83. The Labute approximate surface area is 184 Å². The summed E-state index contributed by atoms with van der Waals surface area (Å²) in [6.45, 7) is 19.0. The second-order valence-corrected chi connectivity index (χ2v) is 10.7. The van der Waals surface area contributed by atoms with Gasteiger partial charge in [0, 0.05) is 36.7 Å². The van der Waals surface area contributed by atoms with Crippen molar-refractivity contribution in [1.82, 2.24) is 15.1 Å². The second kappa shape index (κ2) is 10.1. The number of piperidine rings is 1. The van der Waals surface area contributed by atoms with E-state index in [-0.39, 0.29) is 5.41 Å². The molecule has 2 heterocycles. The molecule has 1 N–H and O–H groups in total. The van der Waals surface area contributed by atoms with Gasteiger partial charge in [0.05, 0.1) is 0 Å². The van der Waals surface area contributed by atoms with Crippen molar-refractivity contribution in [3.63, 3.8) is 0 Å². The second-order valence-electron chi connectivity index (χ2n) is 10.3. The van der Waals surface area contributed by atoms with E-state index in [0.29, 0.717) is 17.9 Å². The standard InChI is InChI=1S/C25H42ClN3/c1-6-29-14-7-8-22(29)16-27-24(19(2)3)17-28-15-13-23(25(4,5)18-28)20-9-11-21(26)12-10-20/h9-12,19,22-24,27H,6-8,13-18H2,1-5H3/t22?,23?,24-/m0/s1. The third-order valence-electron chi connectivity index (χ3n) is 7.36. The third-order valence-corrected chi connectivity index (χ3v) is 7.61. The van der Waals surface area contributed by atoms with Crippen molar-refractivity contribution in [2.24, 2.45) is 11.3 Å². The average Bonchev–Trinajstić information content (AvgIpc) is 3.13. The molecular weight excluding hydrogens is 378 g/mol. The maximum Gasteiger partial charge on any atom is 0.0406 e. The predicted molar refractivity (Wildman–Crippen MR) is 126 cm³/mol. The molecule has 0 radical (unpaired) electrons. The number of benzene rings is 1. The van der Waals surface area contributed by atoms with Crippen LogP contribution in [0.1, 0.15) is 65.4 Å². The monoisotopic (exact) mass is 419 g/mol. The lowest BCUT2D eigenvalue weighted by Crippen LogP contribution is -2.52. The summed E-state index contributed by atoms with van der Waals surface area (Å²) in [4.78, 5) is 5.35. The van der Waals surface area contributed by atoms with E-state index in [0.717, 1.165) is 30.7 Å². The molecule has 29 heavy (non-hydrogen) atoms. The van der Waals surface area contributed by atoms with Crippen LogP contribution in [0.25, 0.3) is 0 Å². The van der Waals surface area contributed by atoms with Crippen molar-refractivity contribution in [2.45, 2.75) is 71.9 Å². The Kier molecular flexibility index (Phi) is 8.06. The van der Waals surface area contributed by atoms with Crippen LogP contribution in [0.4, 0.5) is 0 Å². The number of nitrogens with one attached hydrogen (secondary N) is 1. The normalized spacial score (nSPS) is 26.9. The van der Waals surface area contributed by atoms with Gasteiger partial charge in [-0.3, -0.25) is 4.90 Å². The van der Waals surface area contributed by atoms with Gasteiger partial charge in [-0.15, -0.1) is 0 Å². The topological polar surface area (TPSA) is 18.5 Å². The molecule has 4 heteroatoms. The fourth-order valence-electron chi connectivity index (χ4n) is 5.56. The summed E-state index contributed by atoms with van der Waals surface area (Å²) >= 11 is 6.11. The molecule has 3 nitrogen and oxygen atoms in total. The van der Waals surface area contributed by atoms with Gasteiger partial charge >= 0.3 is 0 Å². The van der Waals surface area contributed by atoms with E-state index in [1.54, 1.807) is 0 Å². The van der Waals surface area contributed by atoms with Gasteiger partial charge in [0.15, 0.2) is 0 Å². The predicted octanol–water partition coefficient (Wildman–Crippen LogP) is 5.25. The van der Waals surface area contributed by atoms with E-state index in [1.807, 2.05) is 12.1 Å². The van der Waals surface area contributed by atoms with Gasteiger partial charge in [-0.05, 0) is 73.8 Å². The number of nitrogens with zero attached hydrogens (tertiary/aromatic N) is 2. The fraction of sp³-hybridized carbons (Fsp3) is 0.760. The first-order valence-corrected chi connectivity index (χ1v) is 12.1. The smallest absolute Gasteiger partial charge is 0.0406 e. The summed E-state index contributed by atoms with van der Waals surface area (Å²) in [5.41, 5.74) is 1.72. The van der Waals surface area contributed by atoms with E-state index in [2.05, 4.69) is 61.9 Å². The molecule has 2 unspecified atom stereocenters. The van der Waals surface area contributed by atoms with Crippen molar-refractivity contribution in [1.29, 1.82) is 0 Å². The van der Waals surface area contributed by atoms with Crippen LogP contribution in [0.15, 0.2) is 24.3 Å². The minimum atomic E-state index is 0.276. The zero-order valence-corrected chi connectivity index (χ0v) is 20.0. The Morgan fingerprint density at radius 2 is 1.86 bits per heavy atom. The maximum atomic E-state index is 6.11. The summed E-state index contributed by atoms with van der Waals surface area (Å²) in [7, 11) is 0. The van der Waals surface area contributed by atoms with Crippen LogP contribution in [-0.2, 0) is 0 Å². The van der Waals surface area contributed by atoms with Crippen molar-refractivity contribution < 1.29 is 0 Å². The van der Waals surface area contributed by atoms with Crippen molar-refractivity contribution in [3.8, 4) is 0 Å². The minimum absolute atomic E-state index is 0.276. The minimum Gasteiger partial charge on any atom is -0.311 e. The Balaban J connectivity index is 1.56. The molecule has 0 saturated carbocycles. The van der Waals surface area contributed by atoms with Gasteiger partial charge in [-0.2, -0.15) is 0 Å². The highest BCUT2D eigenvalue weighted by Crippen LogP contribution is 2.42. The lowest BCUT2D eigenvalue weighted by atomic mass is 9.70. The molecule has 164 valence electrons. The van der Waals surface area contributed by atoms with Crippen LogP contribution in [0, 0.1) is 11.3 Å². The molecule has 0 aromatic heterocycles. The van der Waals surface area contributed by atoms with Gasteiger partial charge < -0.3 is 10.2 Å². The zero-order chi connectivity index (χ0) is 21.0. The molecule has 1 aromatic rings. The number of likely N-dealkylation sites (tertiary alicyclic amines) is 2. The molecule has 2 aliphatic rings. The highest BCUT2D eigenvalue weighted by Gasteiger charge is 2.37. The molecule has 2 fully saturated rings. The number of likely N-dealkylation sites (N-methyl/N-ethyl adjacent to an activating group) is 1. The van der Waals surface area contributed by atoms with Crippen LogP contribution in [0.2, 0.25) is 5.02 Å². The van der Waals surface area contributed by atoms with E-state index in [4.69, 9.17) is 11.6 Å². The summed E-state index contributed by atoms with van der Waals surface area (Å²) < 4.78 is 0. The molecular formula is C25H42ClN3. The first kappa shape index (κ1) is 23.1. The maximum absolute atomic E-state index is 6.11.